The van der Waals surface area contributed by atoms with Gasteiger partial charge < -0.3 is 5.11 Å². The summed E-state index contributed by atoms with van der Waals surface area (Å²) < 4.78 is 1.78. The fraction of sp³-hybridized carbons (Fsp3) is 0.417. The Morgan fingerprint density at radius 2 is 2.28 bits per heavy atom. The highest BCUT2D eigenvalue weighted by Gasteiger charge is 2.19. The average molecular weight is 265 g/mol. The lowest BCUT2D eigenvalue weighted by Crippen LogP contribution is -2.13. The minimum atomic E-state index is -0.782. The zero-order valence-electron chi connectivity index (χ0n) is 10.5. The third kappa shape index (κ3) is 2.28. The van der Waals surface area contributed by atoms with Crippen molar-refractivity contribution in [3.63, 3.8) is 0 Å². The topological polar surface area (TPSA) is 68.0 Å². The normalized spacial score (nSPS) is 12.6. The highest BCUT2D eigenvalue weighted by Crippen LogP contribution is 2.21. The lowest BCUT2D eigenvalue weighted by molar-refractivity contribution is -0.141. The van der Waals surface area contributed by atoms with E-state index in [-0.39, 0.29) is 0 Å². The molecule has 1 N–H and O–H groups in total. The minimum absolute atomic E-state index is 0.406. The maximum absolute atomic E-state index is 10.9. The van der Waals surface area contributed by atoms with E-state index in [1.807, 2.05) is 19.2 Å². The van der Waals surface area contributed by atoms with Gasteiger partial charge in [-0.15, -0.1) is 11.3 Å². The van der Waals surface area contributed by atoms with Crippen LogP contribution < -0.4 is 0 Å². The Labute approximate surface area is 109 Å². The molecule has 1 atom stereocenters. The van der Waals surface area contributed by atoms with Gasteiger partial charge in [-0.2, -0.15) is 5.10 Å². The van der Waals surface area contributed by atoms with Gasteiger partial charge in [0.15, 0.2) is 0 Å². The predicted octanol–water partition coefficient (Wildman–Crippen LogP) is 2.21. The molecule has 0 amide bonds. The van der Waals surface area contributed by atoms with Crippen LogP contribution in [0, 0.1) is 19.8 Å². The van der Waals surface area contributed by atoms with Crippen molar-refractivity contribution >= 4 is 17.3 Å². The standard InChI is InChI=1S/C12H15N3O2S/c1-7(11(16)17)6-10-8(2)14-15(9(10)3)12-13-4-5-18-12/h4-5,7H,6H2,1-3H3,(H,16,17). The van der Waals surface area contributed by atoms with Crippen molar-refractivity contribution in [1.29, 1.82) is 0 Å². The molecule has 0 fully saturated rings. The van der Waals surface area contributed by atoms with E-state index in [0.29, 0.717) is 6.42 Å². The summed E-state index contributed by atoms with van der Waals surface area (Å²) in [6, 6.07) is 0. The first-order chi connectivity index (χ1) is 8.50. The number of aliphatic carboxylic acids is 1. The summed E-state index contributed by atoms with van der Waals surface area (Å²) in [5.74, 6) is -1.19. The number of hydrogen-bond acceptors (Lipinski definition) is 4. The third-order valence-corrected chi connectivity index (χ3v) is 3.72. The van der Waals surface area contributed by atoms with Crippen LogP contribution >= 0.6 is 11.3 Å². The van der Waals surface area contributed by atoms with Gasteiger partial charge in [0.25, 0.3) is 0 Å². The Balaban J connectivity index is 2.36. The number of rotatable bonds is 4. The molecule has 0 aliphatic carbocycles. The Bertz CT molecular complexity index is 560. The number of carboxylic acids is 1. The van der Waals surface area contributed by atoms with E-state index in [1.165, 1.54) is 11.3 Å². The van der Waals surface area contributed by atoms with Crippen LogP contribution in [0.4, 0.5) is 0 Å². The summed E-state index contributed by atoms with van der Waals surface area (Å²) in [5, 5.41) is 16.1. The van der Waals surface area contributed by atoms with Gasteiger partial charge in [0.2, 0.25) is 5.13 Å². The van der Waals surface area contributed by atoms with Crippen molar-refractivity contribution in [2.45, 2.75) is 27.2 Å². The number of thiazole rings is 1. The van der Waals surface area contributed by atoms with Crippen molar-refractivity contribution in [3.05, 3.63) is 28.5 Å². The first kappa shape index (κ1) is 12.8. The van der Waals surface area contributed by atoms with Crippen LogP contribution in [0.3, 0.4) is 0 Å². The van der Waals surface area contributed by atoms with Crippen molar-refractivity contribution < 1.29 is 9.90 Å². The van der Waals surface area contributed by atoms with Gasteiger partial charge in [-0.05, 0) is 25.8 Å². The lowest BCUT2D eigenvalue weighted by Gasteiger charge is -2.06. The molecule has 0 saturated heterocycles. The second-order valence-corrected chi connectivity index (χ2v) is 5.19. The van der Waals surface area contributed by atoms with Gasteiger partial charge in [-0.1, -0.05) is 6.92 Å². The maximum atomic E-state index is 10.9. The molecule has 2 aromatic heterocycles. The number of aryl methyl sites for hydroxylation is 1. The monoisotopic (exact) mass is 265 g/mol. The van der Waals surface area contributed by atoms with Gasteiger partial charge >= 0.3 is 5.97 Å². The van der Waals surface area contributed by atoms with Crippen LogP contribution in [0.25, 0.3) is 5.13 Å². The van der Waals surface area contributed by atoms with E-state index in [9.17, 15) is 4.79 Å². The largest absolute Gasteiger partial charge is 0.481 e. The number of hydrogen-bond donors (Lipinski definition) is 1. The van der Waals surface area contributed by atoms with Crippen molar-refractivity contribution in [2.75, 3.05) is 0 Å². The molecule has 0 radical (unpaired) electrons. The summed E-state index contributed by atoms with van der Waals surface area (Å²) in [6.45, 7) is 5.56. The molecule has 2 heterocycles. The molecule has 5 nitrogen and oxygen atoms in total. The molecule has 0 saturated carbocycles. The SMILES string of the molecule is Cc1nn(-c2nccs2)c(C)c1CC(C)C(=O)O. The van der Waals surface area contributed by atoms with Crippen molar-refractivity contribution in [1.82, 2.24) is 14.8 Å². The van der Waals surface area contributed by atoms with Gasteiger partial charge in [-0.25, -0.2) is 9.67 Å². The van der Waals surface area contributed by atoms with E-state index in [4.69, 9.17) is 5.11 Å². The smallest absolute Gasteiger partial charge is 0.306 e. The van der Waals surface area contributed by atoms with E-state index < -0.39 is 11.9 Å². The molecule has 1 unspecified atom stereocenters. The Morgan fingerprint density at radius 1 is 1.56 bits per heavy atom. The minimum Gasteiger partial charge on any atom is -0.481 e. The second kappa shape index (κ2) is 4.89. The molecule has 0 aliphatic rings. The quantitative estimate of drug-likeness (QED) is 0.920. The first-order valence-electron chi connectivity index (χ1n) is 5.68. The van der Waals surface area contributed by atoms with Crippen molar-refractivity contribution in [2.24, 2.45) is 5.92 Å². The molecule has 0 aromatic carbocycles. The molecule has 0 spiro atoms. The summed E-state index contributed by atoms with van der Waals surface area (Å²) in [7, 11) is 0. The van der Waals surface area contributed by atoms with Gasteiger partial charge in [0.05, 0.1) is 11.6 Å². The fourth-order valence-electron chi connectivity index (χ4n) is 1.87. The Hall–Kier alpha value is -1.69. The number of nitrogens with zero attached hydrogens (tertiary/aromatic N) is 3. The highest BCUT2D eigenvalue weighted by atomic mass is 32.1. The maximum Gasteiger partial charge on any atom is 0.306 e. The first-order valence-corrected chi connectivity index (χ1v) is 6.56. The van der Waals surface area contributed by atoms with Crippen LogP contribution in [0.2, 0.25) is 0 Å². The zero-order valence-corrected chi connectivity index (χ0v) is 11.4. The summed E-state index contributed by atoms with van der Waals surface area (Å²) >= 11 is 1.51. The Kier molecular flexibility index (Phi) is 3.47. The Morgan fingerprint density at radius 3 is 2.83 bits per heavy atom. The van der Waals surface area contributed by atoms with Gasteiger partial charge in [0, 0.05) is 17.3 Å². The lowest BCUT2D eigenvalue weighted by atomic mass is 10.00. The highest BCUT2D eigenvalue weighted by molar-refractivity contribution is 7.12. The van der Waals surface area contributed by atoms with Gasteiger partial charge in [-0.3, -0.25) is 4.79 Å². The number of carboxylic acid groups (broad SMARTS) is 1. The van der Waals surface area contributed by atoms with E-state index >= 15 is 0 Å². The summed E-state index contributed by atoms with van der Waals surface area (Å²) in [5.41, 5.74) is 2.84. The molecule has 96 valence electrons. The fourth-order valence-corrected chi connectivity index (χ4v) is 2.51. The molecule has 6 heteroatoms. The molecule has 2 aromatic rings. The molecule has 0 bridgehead atoms. The average Bonchev–Trinajstić information content (AvgIpc) is 2.91. The molecule has 2 rings (SSSR count). The van der Waals surface area contributed by atoms with E-state index in [0.717, 1.165) is 22.1 Å². The molecule has 18 heavy (non-hydrogen) atoms. The van der Waals surface area contributed by atoms with Crippen LogP contribution in [0.1, 0.15) is 23.9 Å². The van der Waals surface area contributed by atoms with E-state index in [2.05, 4.69) is 10.1 Å². The third-order valence-electron chi connectivity index (χ3n) is 2.97. The number of carbonyl (C=O) groups is 1. The van der Waals surface area contributed by atoms with Gasteiger partial charge in [0.1, 0.15) is 0 Å². The van der Waals surface area contributed by atoms with Crippen LogP contribution in [-0.2, 0) is 11.2 Å². The van der Waals surface area contributed by atoms with Crippen LogP contribution in [0.15, 0.2) is 11.6 Å². The molecular formula is C12H15N3O2S. The van der Waals surface area contributed by atoms with E-state index in [1.54, 1.807) is 17.8 Å². The van der Waals surface area contributed by atoms with Crippen molar-refractivity contribution in [3.8, 4) is 5.13 Å². The molecular weight excluding hydrogens is 250 g/mol. The van der Waals surface area contributed by atoms with Crippen LogP contribution in [-0.4, -0.2) is 25.8 Å². The summed E-state index contributed by atoms with van der Waals surface area (Å²) in [4.78, 5) is 15.1. The second-order valence-electron chi connectivity index (χ2n) is 4.32. The van der Waals surface area contributed by atoms with Crippen LogP contribution in [0.5, 0.6) is 0 Å². The molecule has 0 aliphatic heterocycles. The zero-order chi connectivity index (χ0) is 13.3. The predicted molar refractivity (Wildman–Crippen MR) is 69.2 cm³/mol. The summed E-state index contributed by atoms with van der Waals surface area (Å²) in [6.07, 6.45) is 2.23. The number of aromatic nitrogens is 3.